The Kier molecular flexibility index (Phi) is 5.83. The molecule has 0 amide bonds. The van der Waals surface area contributed by atoms with E-state index in [1.165, 1.54) is 0 Å². The van der Waals surface area contributed by atoms with Gasteiger partial charge < -0.3 is 32.8 Å². The van der Waals surface area contributed by atoms with Crippen molar-refractivity contribution in [3.05, 3.63) is 59.7 Å². The third-order valence-corrected chi connectivity index (χ3v) is 7.04. The predicted molar refractivity (Wildman–Crippen MR) is 144 cm³/mol. The molecule has 0 bridgehead atoms. The summed E-state index contributed by atoms with van der Waals surface area (Å²) in [6, 6.07) is 11.8. The van der Waals surface area contributed by atoms with Gasteiger partial charge in [0.25, 0.3) is 5.89 Å². The van der Waals surface area contributed by atoms with Crippen LogP contribution in [0, 0.1) is 0 Å². The summed E-state index contributed by atoms with van der Waals surface area (Å²) in [5, 5.41) is 8.15. The first-order valence-electron chi connectivity index (χ1n) is 12.1. The molecule has 3 aromatic carbocycles. The Morgan fingerprint density at radius 1 is 0.895 bits per heavy atom. The summed E-state index contributed by atoms with van der Waals surface area (Å²) in [5.41, 5.74) is 2.83. The minimum absolute atomic E-state index is 0.391. The second-order valence-electron chi connectivity index (χ2n) is 8.98. The number of nitrogens with zero attached hydrogens (tertiary/aromatic N) is 3. The molecule has 0 N–H and O–H groups in total. The maximum atomic E-state index is 6.01. The van der Waals surface area contributed by atoms with Crippen LogP contribution < -0.4 is 18.9 Å². The Morgan fingerprint density at radius 3 is 2.39 bits per heavy atom. The largest absolute Gasteiger partial charge is 0.493 e. The molecular weight excluding hydrogens is 486 g/mol. The summed E-state index contributed by atoms with van der Waals surface area (Å²) in [6.07, 6.45) is 4.37. The van der Waals surface area contributed by atoms with Gasteiger partial charge in [-0.05, 0) is 58.5 Å². The SMILES string of the molecule is COc1cc2ccc3c4c(c(OC)c(OC)c3c2cc1OC)C=C(c1nc(-c2ccco2)no1)N(C)CC4. The fraction of sp³-hybridized carbons (Fsp3) is 0.241. The van der Waals surface area contributed by atoms with Crippen LogP contribution in [0.1, 0.15) is 17.0 Å². The van der Waals surface area contributed by atoms with Crippen LogP contribution in [0.3, 0.4) is 0 Å². The standard InChI is InChI=1S/C29H27N3O6/c1-32-11-10-17-18-9-8-16-13-23(33-2)24(34-3)15-19(16)25(18)27(36-5)26(35-4)20(17)14-21(32)29-30-28(31-38-29)22-7-6-12-37-22/h6-9,12-15H,10-11H2,1-5H3. The number of likely N-dealkylation sites (N-methyl/N-ethyl adjacent to an activating group) is 1. The maximum Gasteiger partial charge on any atom is 0.274 e. The van der Waals surface area contributed by atoms with Gasteiger partial charge in [-0.2, -0.15) is 4.98 Å². The Hall–Kier alpha value is -4.66. The van der Waals surface area contributed by atoms with Crippen molar-refractivity contribution in [2.45, 2.75) is 6.42 Å². The number of hydrogen-bond donors (Lipinski definition) is 0. The van der Waals surface area contributed by atoms with Crippen molar-refractivity contribution in [2.75, 3.05) is 42.0 Å². The van der Waals surface area contributed by atoms with Gasteiger partial charge in [0.15, 0.2) is 28.8 Å². The van der Waals surface area contributed by atoms with Gasteiger partial charge in [0.2, 0.25) is 5.82 Å². The van der Waals surface area contributed by atoms with E-state index >= 15 is 0 Å². The van der Waals surface area contributed by atoms with Gasteiger partial charge in [-0.25, -0.2) is 0 Å². The van der Waals surface area contributed by atoms with Crippen LogP contribution in [0.4, 0.5) is 0 Å². The fourth-order valence-corrected chi connectivity index (χ4v) is 5.19. The molecule has 1 aliphatic heterocycles. The van der Waals surface area contributed by atoms with Crippen molar-refractivity contribution >= 4 is 33.3 Å². The lowest BCUT2D eigenvalue weighted by Gasteiger charge is -2.20. The van der Waals surface area contributed by atoms with Crippen LogP contribution >= 0.6 is 0 Å². The zero-order valence-corrected chi connectivity index (χ0v) is 21.8. The Morgan fingerprint density at radius 2 is 1.68 bits per heavy atom. The molecule has 9 heteroatoms. The smallest absolute Gasteiger partial charge is 0.274 e. The van der Waals surface area contributed by atoms with Gasteiger partial charge in [-0.15, -0.1) is 0 Å². The first-order chi connectivity index (χ1) is 18.6. The van der Waals surface area contributed by atoms with Gasteiger partial charge in [0.05, 0.1) is 34.7 Å². The molecule has 3 heterocycles. The summed E-state index contributed by atoms with van der Waals surface area (Å²) in [7, 11) is 8.59. The van der Waals surface area contributed by atoms with Crippen LogP contribution in [0.25, 0.3) is 44.9 Å². The quantitative estimate of drug-likeness (QED) is 0.267. The van der Waals surface area contributed by atoms with Gasteiger partial charge in [0.1, 0.15) is 5.70 Å². The molecule has 1 aliphatic rings. The fourth-order valence-electron chi connectivity index (χ4n) is 5.19. The van der Waals surface area contributed by atoms with E-state index in [4.69, 9.17) is 27.9 Å². The number of rotatable bonds is 6. The molecule has 9 nitrogen and oxygen atoms in total. The van der Waals surface area contributed by atoms with E-state index in [-0.39, 0.29) is 0 Å². The van der Waals surface area contributed by atoms with Gasteiger partial charge in [0, 0.05) is 24.5 Å². The van der Waals surface area contributed by atoms with Crippen molar-refractivity contribution in [1.29, 1.82) is 0 Å². The average Bonchev–Trinajstić information content (AvgIpc) is 3.62. The van der Waals surface area contributed by atoms with E-state index in [0.29, 0.717) is 40.5 Å². The second kappa shape index (κ2) is 9.33. The lowest BCUT2D eigenvalue weighted by molar-refractivity contribution is 0.355. The van der Waals surface area contributed by atoms with Gasteiger partial charge in [-0.1, -0.05) is 17.3 Å². The summed E-state index contributed by atoms with van der Waals surface area (Å²) in [5.74, 6) is 3.92. The molecule has 0 radical (unpaired) electrons. The zero-order valence-electron chi connectivity index (χ0n) is 21.8. The third-order valence-electron chi connectivity index (χ3n) is 7.04. The lowest BCUT2D eigenvalue weighted by Crippen LogP contribution is -2.18. The number of furan rings is 1. The molecule has 0 unspecified atom stereocenters. The molecule has 38 heavy (non-hydrogen) atoms. The van der Waals surface area contributed by atoms with Gasteiger partial charge in [-0.3, -0.25) is 0 Å². The normalized spacial score (nSPS) is 13.3. The van der Waals surface area contributed by atoms with Crippen LogP contribution in [-0.2, 0) is 6.42 Å². The highest BCUT2D eigenvalue weighted by Crippen LogP contribution is 2.48. The molecule has 0 saturated carbocycles. The monoisotopic (exact) mass is 513 g/mol. The highest BCUT2D eigenvalue weighted by Gasteiger charge is 2.27. The predicted octanol–water partition coefficient (Wildman–Crippen LogP) is 5.66. The van der Waals surface area contributed by atoms with Gasteiger partial charge >= 0.3 is 0 Å². The van der Waals surface area contributed by atoms with Crippen molar-refractivity contribution in [2.24, 2.45) is 0 Å². The molecule has 2 aromatic heterocycles. The van der Waals surface area contributed by atoms with E-state index < -0.39 is 0 Å². The molecule has 6 rings (SSSR count). The Balaban J connectivity index is 1.62. The number of hydrogen-bond acceptors (Lipinski definition) is 9. The maximum absolute atomic E-state index is 6.01. The van der Waals surface area contributed by atoms with E-state index in [0.717, 1.165) is 51.3 Å². The van der Waals surface area contributed by atoms with Crippen molar-refractivity contribution in [1.82, 2.24) is 15.0 Å². The topological polar surface area (TPSA) is 92.2 Å². The van der Waals surface area contributed by atoms with Crippen LogP contribution in [-0.4, -0.2) is 57.1 Å². The number of fused-ring (bicyclic) bond motifs is 5. The first kappa shape index (κ1) is 23.7. The molecule has 0 saturated heterocycles. The van der Waals surface area contributed by atoms with Crippen molar-refractivity contribution in [3.63, 3.8) is 0 Å². The number of benzene rings is 3. The van der Waals surface area contributed by atoms with E-state index in [2.05, 4.69) is 27.2 Å². The number of methoxy groups -OCH3 is 4. The van der Waals surface area contributed by atoms with Crippen molar-refractivity contribution < 1.29 is 27.9 Å². The number of ether oxygens (including phenoxy) is 4. The minimum Gasteiger partial charge on any atom is -0.493 e. The van der Waals surface area contributed by atoms with Crippen LogP contribution in [0.5, 0.6) is 23.0 Å². The summed E-state index contributed by atoms with van der Waals surface area (Å²) >= 11 is 0. The van der Waals surface area contributed by atoms with E-state index in [1.807, 2.05) is 25.3 Å². The Labute approximate surface area is 219 Å². The minimum atomic E-state index is 0.391. The molecule has 194 valence electrons. The second-order valence-corrected chi connectivity index (χ2v) is 8.98. The molecule has 0 atom stereocenters. The average molecular weight is 514 g/mol. The summed E-state index contributed by atoms with van der Waals surface area (Å²) < 4.78 is 34.3. The molecule has 0 aliphatic carbocycles. The molecule has 0 spiro atoms. The zero-order chi connectivity index (χ0) is 26.4. The summed E-state index contributed by atoms with van der Waals surface area (Å²) in [4.78, 5) is 6.70. The molecule has 5 aromatic rings. The Bertz CT molecular complexity index is 1690. The van der Waals surface area contributed by atoms with E-state index in [1.54, 1.807) is 46.8 Å². The highest BCUT2D eigenvalue weighted by atomic mass is 16.5. The first-order valence-corrected chi connectivity index (χ1v) is 12.1. The molecule has 0 fully saturated rings. The van der Waals surface area contributed by atoms with Crippen LogP contribution in [0.15, 0.2) is 51.6 Å². The number of aromatic nitrogens is 2. The lowest BCUT2D eigenvalue weighted by atomic mass is 9.91. The molecular formula is C29H27N3O6. The van der Waals surface area contributed by atoms with Crippen LogP contribution in [0.2, 0.25) is 0 Å². The van der Waals surface area contributed by atoms with Crippen molar-refractivity contribution in [3.8, 4) is 34.6 Å². The third kappa shape index (κ3) is 3.61. The van der Waals surface area contributed by atoms with E-state index in [9.17, 15) is 0 Å². The highest BCUT2D eigenvalue weighted by molar-refractivity contribution is 6.15. The summed E-state index contributed by atoms with van der Waals surface area (Å²) in [6.45, 7) is 0.728.